The molecule has 0 heterocycles. The summed E-state index contributed by atoms with van der Waals surface area (Å²) in [6.45, 7) is 4.17. The van der Waals surface area contributed by atoms with Crippen molar-refractivity contribution in [2.24, 2.45) is 5.73 Å². The first kappa shape index (κ1) is 14.8. The summed E-state index contributed by atoms with van der Waals surface area (Å²) in [5, 5.41) is 0. The Bertz CT molecular complexity index is 439. The Balaban J connectivity index is 2.17. The Morgan fingerprint density at radius 3 is 2.37 bits per heavy atom. The van der Waals surface area contributed by atoms with Gasteiger partial charge in [0.2, 0.25) is 5.91 Å². The van der Waals surface area contributed by atoms with Gasteiger partial charge < -0.3 is 15.2 Å². The van der Waals surface area contributed by atoms with Crippen LogP contribution in [0, 0.1) is 0 Å². The van der Waals surface area contributed by atoms with Crippen molar-refractivity contribution >= 4 is 11.9 Å². The van der Waals surface area contributed by atoms with Crippen LogP contribution in [0.3, 0.4) is 0 Å². The van der Waals surface area contributed by atoms with Gasteiger partial charge in [-0.25, -0.2) is 4.79 Å². The highest BCUT2D eigenvalue weighted by atomic mass is 16.5. The molecule has 1 aromatic rings. The highest BCUT2D eigenvalue weighted by Gasteiger charge is 2.00. The van der Waals surface area contributed by atoms with Crippen LogP contribution in [0.25, 0.3) is 0 Å². The number of carbonyl (C=O) groups excluding carboxylic acids is 2. The normalized spacial score (nSPS) is 9.68. The zero-order valence-electron chi connectivity index (χ0n) is 10.6. The summed E-state index contributed by atoms with van der Waals surface area (Å²) in [7, 11) is 0. The Morgan fingerprint density at radius 1 is 1.16 bits per heavy atom. The van der Waals surface area contributed by atoms with Crippen LogP contribution in [-0.2, 0) is 9.53 Å². The molecule has 1 amide bonds. The van der Waals surface area contributed by atoms with E-state index in [9.17, 15) is 9.59 Å². The molecule has 0 aliphatic rings. The molecule has 0 aromatic heterocycles. The van der Waals surface area contributed by atoms with E-state index in [4.69, 9.17) is 15.2 Å². The summed E-state index contributed by atoms with van der Waals surface area (Å²) in [4.78, 5) is 21.6. The van der Waals surface area contributed by atoms with Crippen LogP contribution in [0.15, 0.2) is 36.9 Å². The van der Waals surface area contributed by atoms with E-state index in [1.807, 2.05) is 0 Å². The number of amides is 1. The first-order valence-corrected chi connectivity index (χ1v) is 5.95. The van der Waals surface area contributed by atoms with Crippen molar-refractivity contribution in [2.75, 3.05) is 13.2 Å². The first-order valence-electron chi connectivity index (χ1n) is 5.95. The molecule has 0 atom stereocenters. The Kier molecular flexibility index (Phi) is 6.15. The minimum atomic E-state index is -0.462. The second-order valence-electron chi connectivity index (χ2n) is 3.82. The molecule has 2 N–H and O–H groups in total. The van der Waals surface area contributed by atoms with E-state index < -0.39 is 11.9 Å². The van der Waals surface area contributed by atoms with Crippen molar-refractivity contribution in [1.82, 2.24) is 0 Å². The zero-order chi connectivity index (χ0) is 14.1. The van der Waals surface area contributed by atoms with Gasteiger partial charge in [-0.15, -0.1) is 0 Å². The van der Waals surface area contributed by atoms with Crippen molar-refractivity contribution in [2.45, 2.75) is 12.8 Å². The molecule has 0 saturated heterocycles. The highest BCUT2D eigenvalue weighted by Crippen LogP contribution is 2.12. The molecular formula is C14H17NO4. The molecule has 0 fully saturated rings. The van der Waals surface area contributed by atoms with Gasteiger partial charge in [-0.2, -0.15) is 0 Å². The van der Waals surface area contributed by atoms with Gasteiger partial charge in [0.1, 0.15) is 5.75 Å². The molecule has 0 spiro atoms. The Morgan fingerprint density at radius 2 is 1.79 bits per heavy atom. The van der Waals surface area contributed by atoms with Gasteiger partial charge in [0.05, 0.1) is 13.2 Å². The lowest BCUT2D eigenvalue weighted by atomic mass is 10.2. The second kappa shape index (κ2) is 7.92. The highest BCUT2D eigenvalue weighted by molar-refractivity contribution is 5.92. The monoisotopic (exact) mass is 263 g/mol. The molecule has 19 heavy (non-hydrogen) atoms. The first-order chi connectivity index (χ1) is 9.13. The van der Waals surface area contributed by atoms with E-state index in [1.165, 1.54) is 0 Å². The van der Waals surface area contributed by atoms with Crippen LogP contribution in [0.4, 0.5) is 0 Å². The van der Waals surface area contributed by atoms with Crippen molar-refractivity contribution in [3.63, 3.8) is 0 Å². The van der Waals surface area contributed by atoms with Gasteiger partial charge in [-0.1, -0.05) is 6.58 Å². The molecule has 0 saturated carbocycles. The minimum Gasteiger partial charge on any atom is -0.494 e. The topological polar surface area (TPSA) is 78.6 Å². The molecule has 1 aromatic carbocycles. The number of hydrogen-bond acceptors (Lipinski definition) is 4. The number of esters is 1. The lowest BCUT2D eigenvalue weighted by Crippen LogP contribution is -2.10. The van der Waals surface area contributed by atoms with Crippen LogP contribution in [0.5, 0.6) is 5.75 Å². The third-order valence-electron chi connectivity index (χ3n) is 2.36. The molecule has 5 heteroatoms. The van der Waals surface area contributed by atoms with E-state index in [-0.39, 0.29) is 0 Å². The predicted octanol–water partition coefficient (Wildman–Crippen LogP) is 1.67. The molecule has 0 unspecified atom stereocenters. The van der Waals surface area contributed by atoms with Crippen molar-refractivity contribution in [3.05, 3.63) is 42.5 Å². The Hall–Kier alpha value is -2.30. The number of ether oxygens (including phenoxy) is 2. The number of hydrogen-bond donors (Lipinski definition) is 1. The SMILES string of the molecule is C=CC(=O)OCCCCOc1ccc(C(N)=O)cc1. The maximum absolute atomic E-state index is 10.9. The standard InChI is InChI=1S/C14H17NO4/c1-2-13(16)19-10-4-3-9-18-12-7-5-11(6-8-12)14(15)17/h2,5-8H,1,3-4,9-10H2,(H2,15,17). The smallest absolute Gasteiger partial charge is 0.330 e. The van der Waals surface area contributed by atoms with Gasteiger partial charge in [-0.05, 0) is 37.1 Å². The van der Waals surface area contributed by atoms with Crippen molar-refractivity contribution in [3.8, 4) is 5.75 Å². The summed E-state index contributed by atoms with van der Waals surface area (Å²) >= 11 is 0. The molecule has 0 bridgehead atoms. The molecule has 0 radical (unpaired) electrons. The number of carbonyl (C=O) groups is 2. The number of primary amides is 1. The van der Waals surface area contributed by atoms with Crippen molar-refractivity contribution in [1.29, 1.82) is 0 Å². The third-order valence-corrected chi connectivity index (χ3v) is 2.36. The minimum absolute atomic E-state index is 0.356. The molecule has 0 aliphatic heterocycles. The lowest BCUT2D eigenvalue weighted by Gasteiger charge is -2.06. The predicted molar refractivity (Wildman–Crippen MR) is 70.8 cm³/mol. The van der Waals surface area contributed by atoms with Crippen molar-refractivity contribution < 1.29 is 19.1 Å². The fourth-order valence-corrected chi connectivity index (χ4v) is 1.34. The van der Waals surface area contributed by atoms with Gasteiger partial charge in [-0.3, -0.25) is 4.79 Å². The van der Waals surface area contributed by atoms with E-state index in [2.05, 4.69) is 6.58 Å². The van der Waals surface area contributed by atoms with Crippen LogP contribution >= 0.6 is 0 Å². The third kappa shape index (κ3) is 5.72. The van der Waals surface area contributed by atoms with Crippen LogP contribution in [0.2, 0.25) is 0 Å². The molecule has 0 aliphatic carbocycles. The van der Waals surface area contributed by atoms with Crippen LogP contribution < -0.4 is 10.5 Å². The quantitative estimate of drug-likeness (QED) is 0.439. The fourth-order valence-electron chi connectivity index (χ4n) is 1.34. The maximum Gasteiger partial charge on any atom is 0.330 e. The van der Waals surface area contributed by atoms with Gasteiger partial charge in [0.15, 0.2) is 0 Å². The number of benzene rings is 1. The average Bonchev–Trinajstić information content (AvgIpc) is 2.42. The van der Waals surface area contributed by atoms with E-state index in [1.54, 1.807) is 24.3 Å². The summed E-state index contributed by atoms with van der Waals surface area (Å²) in [5.41, 5.74) is 5.57. The lowest BCUT2D eigenvalue weighted by molar-refractivity contribution is -0.137. The molecule has 1 rings (SSSR count). The van der Waals surface area contributed by atoms with Gasteiger partial charge in [0.25, 0.3) is 0 Å². The van der Waals surface area contributed by atoms with Gasteiger partial charge >= 0.3 is 5.97 Å². The van der Waals surface area contributed by atoms with E-state index >= 15 is 0 Å². The molecule has 5 nitrogen and oxygen atoms in total. The van der Waals surface area contributed by atoms with E-state index in [0.29, 0.717) is 24.5 Å². The number of nitrogens with two attached hydrogens (primary N) is 1. The summed E-state index contributed by atoms with van der Waals surface area (Å²) in [6, 6.07) is 6.61. The largest absolute Gasteiger partial charge is 0.494 e. The number of rotatable bonds is 8. The van der Waals surface area contributed by atoms with Gasteiger partial charge in [0, 0.05) is 11.6 Å². The maximum atomic E-state index is 10.9. The van der Waals surface area contributed by atoms with E-state index in [0.717, 1.165) is 18.9 Å². The molecule has 102 valence electrons. The van der Waals surface area contributed by atoms with Crippen LogP contribution in [-0.4, -0.2) is 25.1 Å². The Labute approximate surface area is 112 Å². The number of unbranched alkanes of at least 4 members (excludes halogenated alkanes) is 1. The summed E-state index contributed by atoms with van der Waals surface area (Å²) in [6.07, 6.45) is 2.62. The second-order valence-corrected chi connectivity index (χ2v) is 3.82. The summed E-state index contributed by atoms with van der Waals surface area (Å²) < 4.78 is 10.3. The van der Waals surface area contributed by atoms with Crippen LogP contribution in [0.1, 0.15) is 23.2 Å². The fraction of sp³-hybridized carbons (Fsp3) is 0.286. The average molecular weight is 263 g/mol. The summed E-state index contributed by atoms with van der Waals surface area (Å²) in [5.74, 6) is -0.202. The zero-order valence-corrected chi connectivity index (χ0v) is 10.6. The molecular weight excluding hydrogens is 246 g/mol.